The van der Waals surface area contributed by atoms with Crippen LogP contribution >= 0.6 is 0 Å². The van der Waals surface area contributed by atoms with Crippen LogP contribution in [0.4, 0.5) is 4.39 Å². The number of rotatable bonds is 10. The molecular formula is C26H31FN2O6. The summed E-state index contributed by atoms with van der Waals surface area (Å²) < 4.78 is 25.5. The van der Waals surface area contributed by atoms with Gasteiger partial charge in [-0.15, -0.1) is 0 Å². The third-order valence-corrected chi connectivity index (χ3v) is 6.88. The van der Waals surface area contributed by atoms with Crippen molar-refractivity contribution >= 4 is 11.9 Å². The minimum Gasteiger partial charge on any atom is -0.505 e. The standard InChI is InChI=1S/C26H31FN2O6/c27-24-22(30)9-8-18-13-29(25(31)23(18)24)11-10-16-4-6-17(7-5-16)14-34-19-2-1-3-20(12-19)35-15-21(28)26(32)33/h1-3,8-9,12,16-17,21,30H,4-7,10-11,13-15,28H2,(H,32,33). The number of carboxylic acid groups (broad SMARTS) is 1. The van der Waals surface area contributed by atoms with Crippen LogP contribution in [-0.4, -0.2) is 52.8 Å². The van der Waals surface area contributed by atoms with E-state index in [1.165, 1.54) is 6.07 Å². The lowest BCUT2D eigenvalue weighted by molar-refractivity contribution is -0.139. The Bertz CT molecular complexity index is 1070. The molecule has 0 radical (unpaired) electrons. The molecular weight excluding hydrogens is 455 g/mol. The Morgan fingerprint density at radius 2 is 1.80 bits per heavy atom. The number of carboxylic acids is 1. The number of phenols is 1. The molecule has 9 heteroatoms. The second-order valence-electron chi connectivity index (χ2n) is 9.38. The first-order valence-corrected chi connectivity index (χ1v) is 12.0. The van der Waals surface area contributed by atoms with Crippen LogP contribution in [0.25, 0.3) is 0 Å². The summed E-state index contributed by atoms with van der Waals surface area (Å²) in [7, 11) is 0. The van der Waals surface area contributed by atoms with Gasteiger partial charge in [0.1, 0.15) is 24.1 Å². The van der Waals surface area contributed by atoms with Gasteiger partial charge in [-0.25, -0.2) is 4.39 Å². The van der Waals surface area contributed by atoms with Crippen molar-refractivity contribution in [3.8, 4) is 17.2 Å². The molecule has 0 spiro atoms. The molecule has 8 nitrogen and oxygen atoms in total. The SMILES string of the molecule is NC(COc1cccc(OCC2CCC(CCN3Cc4ccc(O)c(F)c4C3=O)CC2)c1)C(=O)O. The van der Waals surface area contributed by atoms with E-state index < -0.39 is 23.6 Å². The normalized spacial score (nSPS) is 20.4. The van der Waals surface area contributed by atoms with Crippen LogP contribution in [0.5, 0.6) is 17.2 Å². The molecule has 1 heterocycles. The lowest BCUT2D eigenvalue weighted by Gasteiger charge is -2.29. The number of carbonyl (C=O) groups excluding carboxylic acids is 1. The lowest BCUT2D eigenvalue weighted by Crippen LogP contribution is -2.36. The number of amides is 1. The van der Waals surface area contributed by atoms with Gasteiger partial charge < -0.3 is 30.3 Å². The van der Waals surface area contributed by atoms with Crippen LogP contribution in [0.3, 0.4) is 0 Å². The number of hydrogen-bond acceptors (Lipinski definition) is 6. The molecule has 2 aromatic rings. The predicted molar refractivity (Wildman–Crippen MR) is 126 cm³/mol. The maximum absolute atomic E-state index is 14.1. The molecule has 1 aliphatic heterocycles. The number of hydrogen-bond donors (Lipinski definition) is 3. The summed E-state index contributed by atoms with van der Waals surface area (Å²) in [6.45, 7) is 1.44. The average molecular weight is 487 g/mol. The van der Waals surface area contributed by atoms with Gasteiger partial charge in [-0.1, -0.05) is 12.1 Å². The number of phenolic OH excluding ortho intramolecular Hbond substituents is 1. The molecule has 1 aliphatic carbocycles. The van der Waals surface area contributed by atoms with Gasteiger partial charge in [-0.2, -0.15) is 0 Å². The fraction of sp³-hybridized carbons (Fsp3) is 0.462. The number of nitrogens with two attached hydrogens (primary N) is 1. The van der Waals surface area contributed by atoms with Crippen molar-refractivity contribution in [2.75, 3.05) is 19.8 Å². The van der Waals surface area contributed by atoms with Crippen LogP contribution in [0.15, 0.2) is 36.4 Å². The van der Waals surface area contributed by atoms with Gasteiger partial charge in [0.15, 0.2) is 11.6 Å². The Balaban J connectivity index is 1.18. The fourth-order valence-electron chi connectivity index (χ4n) is 4.73. The Morgan fingerprint density at radius 1 is 1.11 bits per heavy atom. The van der Waals surface area contributed by atoms with Crippen molar-refractivity contribution in [2.24, 2.45) is 17.6 Å². The number of halogens is 1. The second kappa shape index (κ2) is 10.9. The number of nitrogens with zero attached hydrogens (tertiary/aromatic N) is 1. The average Bonchev–Trinajstić information content (AvgIpc) is 3.18. The Labute approximate surface area is 203 Å². The molecule has 1 unspecified atom stereocenters. The number of aromatic hydroxyl groups is 1. The first kappa shape index (κ1) is 24.8. The lowest BCUT2D eigenvalue weighted by atomic mass is 9.81. The van der Waals surface area contributed by atoms with Gasteiger partial charge in [-0.05, 0) is 67.7 Å². The molecule has 1 amide bonds. The van der Waals surface area contributed by atoms with Gasteiger partial charge in [0, 0.05) is 19.2 Å². The fourth-order valence-corrected chi connectivity index (χ4v) is 4.73. The van der Waals surface area contributed by atoms with E-state index in [2.05, 4.69) is 0 Å². The molecule has 188 valence electrons. The summed E-state index contributed by atoms with van der Waals surface area (Å²) in [5.74, 6) is -0.638. The van der Waals surface area contributed by atoms with E-state index in [-0.39, 0.29) is 18.1 Å². The Kier molecular flexibility index (Phi) is 7.75. The highest BCUT2D eigenvalue weighted by molar-refractivity contribution is 5.99. The minimum absolute atomic E-state index is 0.00468. The summed E-state index contributed by atoms with van der Waals surface area (Å²) in [6, 6.07) is 8.92. The third-order valence-electron chi connectivity index (χ3n) is 6.88. The summed E-state index contributed by atoms with van der Waals surface area (Å²) in [5.41, 5.74) is 6.10. The van der Waals surface area contributed by atoms with Crippen molar-refractivity contribution in [1.82, 2.24) is 4.90 Å². The van der Waals surface area contributed by atoms with Crippen LogP contribution < -0.4 is 15.2 Å². The van der Waals surface area contributed by atoms with Crippen molar-refractivity contribution in [3.63, 3.8) is 0 Å². The predicted octanol–water partition coefficient (Wildman–Crippen LogP) is 3.55. The molecule has 0 aromatic heterocycles. The van der Waals surface area contributed by atoms with E-state index in [1.807, 2.05) is 6.07 Å². The summed E-state index contributed by atoms with van der Waals surface area (Å²) >= 11 is 0. The molecule has 4 rings (SSSR count). The maximum Gasteiger partial charge on any atom is 0.324 e. The Hall–Kier alpha value is -3.33. The van der Waals surface area contributed by atoms with Crippen LogP contribution in [0.2, 0.25) is 0 Å². The van der Waals surface area contributed by atoms with Gasteiger partial charge in [0.2, 0.25) is 0 Å². The zero-order valence-corrected chi connectivity index (χ0v) is 19.5. The monoisotopic (exact) mass is 486 g/mol. The van der Waals surface area contributed by atoms with Crippen LogP contribution in [0, 0.1) is 17.7 Å². The van der Waals surface area contributed by atoms with E-state index >= 15 is 0 Å². The van der Waals surface area contributed by atoms with Gasteiger partial charge >= 0.3 is 5.97 Å². The number of ether oxygens (including phenoxy) is 2. The molecule has 0 bridgehead atoms. The number of carbonyl (C=O) groups is 2. The zero-order chi connectivity index (χ0) is 24.9. The number of benzene rings is 2. The number of fused-ring (bicyclic) bond motifs is 1. The van der Waals surface area contributed by atoms with E-state index in [1.54, 1.807) is 29.2 Å². The summed E-state index contributed by atoms with van der Waals surface area (Å²) in [4.78, 5) is 25.0. The maximum atomic E-state index is 14.1. The minimum atomic E-state index is -1.11. The molecule has 1 fully saturated rings. The molecule has 35 heavy (non-hydrogen) atoms. The molecule has 2 aliphatic rings. The topological polar surface area (TPSA) is 122 Å². The van der Waals surface area contributed by atoms with Gasteiger partial charge in [0.05, 0.1) is 12.2 Å². The van der Waals surface area contributed by atoms with Crippen LogP contribution in [0.1, 0.15) is 48.0 Å². The van der Waals surface area contributed by atoms with Gasteiger partial charge in [0.25, 0.3) is 5.91 Å². The highest BCUT2D eigenvalue weighted by Gasteiger charge is 2.32. The first-order valence-electron chi connectivity index (χ1n) is 12.0. The zero-order valence-electron chi connectivity index (χ0n) is 19.5. The highest BCUT2D eigenvalue weighted by Crippen LogP contribution is 2.34. The quantitative estimate of drug-likeness (QED) is 0.469. The van der Waals surface area contributed by atoms with E-state index in [9.17, 15) is 19.1 Å². The van der Waals surface area contributed by atoms with E-state index in [4.69, 9.17) is 20.3 Å². The van der Waals surface area contributed by atoms with Crippen molar-refractivity contribution in [2.45, 2.75) is 44.7 Å². The third kappa shape index (κ3) is 6.03. The molecule has 1 atom stereocenters. The first-order chi connectivity index (χ1) is 16.8. The van der Waals surface area contributed by atoms with Crippen molar-refractivity contribution in [1.29, 1.82) is 0 Å². The molecule has 1 saturated carbocycles. The molecule has 0 saturated heterocycles. The van der Waals surface area contributed by atoms with Crippen molar-refractivity contribution in [3.05, 3.63) is 53.3 Å². The second-order valence-corrected chi connectivity index (χ2v) is 9.38. The van der Waals surface area contributed by atoms with E-state index in [0.29, 0.717) is 48.6 Å². The van der Waals surface area contributed by atoms with Crippen LogP contribution in [-0.2, 0) is 11.3 Å². The highest BCUT2D eigenvalue weighted by atomic mass is 19.1. The smallest absolute Gasteiger partial charge is 0.324 e. The van der Waals surface area contributed by atoms with Crippen molar-refractivity contribution < 1.29 is 33.7 Å². The van der Waals surface area contributed by atoms with Gasteiger partial charge in [-0.3, -0.25) is 9.59 Å². The molecule has 4 N–H and O–H groups in total. The Morgan fingerprint density at radius 3 is 2.51 bits per heavy atom. The number of aliphatic carboxylic acids is 1. The summed E-state index contributed by atoms with van der Waals surface area (Å²) in [6.07, 6.45) is 5.04. The molecule has 2 aromatic carbocycles. The van der Waals surface area contributed by atoms with E-state index in [0.717, 1.165) is 32.1 Å². The summed E-state index contributed by atoms with van der Waals surface area (Å²) in [5, 5.41) is 18.4. The largest absolute Gasteiger partial charge is 0.505 e.